The first-order valence-electron chi connectivity index (χ1n) is 11.8. The fraction of sp³-hybridized carbons (Fsp3) is 0.207. The highest BCUT2D eigenvalue weighted by atomic mass is 16.5. The summed E-state index contributed by atoms with van der Waals surface area (Å²) in [5, 5.41) is 5.57. The van der Waals surface area contributed by atoms with Gasteiger partial charge in [0.05, 0.1) is 11.8 Å². The highest BCUT2D eigenvalue weighted by Crippen LogP contribution is 2.35. The van der Waals surface area contributed by atoms with E-state index in [2.05, 4.69) is 10.6 Å². The molecule has 0 radical (unpaired) electrons. The Kier molecular flexibility index (Phi) is 7.49. The van der Waals surface area contributed by atoms with Crippen LogP contribution in [0.5, 0.6) is 0 Å². The predicted molar refractivity (Wildman–Crippen MR) is 141 cm³/mol. The van der Waals surface area contributed by atoms with Crippen molar-refractivity contribution >= 4 is 34.9 Å². The number of hydrogen-bond donors (Lipinski definition) is 2. The maximum Gasteiger partial charge on any atom is 0.326 e. The van der Waals surface area contributed by atoms with E-state index in [0.29, 0.717) is 11.4 Å². The Morgan fingerprint density at radius 1 is 0.972 bits per heavy atom. The molecule has 1 unspecified atom stereocenters. The maximum atomic E-state index is 13.8. The fourth-order valence-electron chi connectivity index (χ4n) is 4.15. The molecule has 0 aliphatic carbocycles. The van der Waals surface area contributed by atoms with Crippen LogP contribution in [0.4, 0.5) is 16.2 Å². The number of rotatable bonds is 6. The van der Waals surface area contributed by atoms with Gasteiger partial charge in [0.25, 0.3) is 5.91 Å². The van der Waals surface area contributed by atoms with Crippen molar-refractivity contribution in [3.05, 3.63) is 102 Å². The molecule has 0 saturated carbocycles. The summed E-state index contributed by atoms with van der Waals surface area (Å²) in [5.41, 5.74) is 4.62. The van der Waals surface area contributed by atoms with Crippen LogP contribution in [-0.2, 0) is 14.3 Å². The molecule has 1 atom stereocenters. The molecule has 36 heavy (non-hydrogen) atoms. The van der Waals surface area contributed by atoms with Crippen molar-refractivity contribution < 1.29 is 19.1 Å². The van der Waals surface area contributed by atoms with E-state index in [0.717, 1.165) is 22.3 Å². The van der Waals surface area contributed by atoms with Gasteiger partial charge in [-0.1, -0.05) is 60.7 Å². The van der Waals surface area contributed by atoms with Gasteiger partial charge >= 0.3 is 12.0 Å². The molecular formula is C29H29N3O4. The molecule has 1 aliphatic rings. The number of nitrogens with one attached hydrogen (secondary N) is 2. The Morgan fingerprint density at radius 2 is 1.69 bits per heavy atom. The fourth-order valence-corrected chi connectivity index (χ4v) is 4.15. The second-order valence-corrected chi connectivity index (χ2v) is 8.87. The van der Waals surface area contributed by atoms with Crippen molar-refractivity contribution in [2.75, 3.05) is 16.8 Å². The number of esters is 1. The van der Waals surface area contributed by atoms with Crippen LogP contribution in [0, 0.1) is 6.92 Å². The summed E-state index contributed by atoms with van der Waals surface area (Å²) < 4.78 is 5.33. The van der Waals surface area contributed by atoms with E-state index in [4.69, 9.17) is 4.74 Å². The molecule has 0 bridgehead atoms. The molecule has 0 fully saturated rings. The van der Waals surface area contributed by atoms with Crippen LogP contribution < -0.4 is 15.5 Å². The Morgan fingerprint density at radius 3 is 2.42 bits per heavy atom. The highest BCUT2D eigenvalue weighted by molar-refractivity contribution is 6.09. The molecule has 2 N–H and O–H groups in total. The minimum atomic E-state index is -1.02. The van der Waals surface area contributed by atoms with Crippen LogP contribution in [0.1, 0.15) is 30.5 Å². The molecule has 4 rings (SSSR count). The highest BCUT2D eigenvalue weighted by Gasteiger charge is 2.33. The summed E-state index contributed by atoms with van der Waals surface area (Å²) in [6.07, 6.45) is 1.42. The smallest absolute Gasteiger partial charge is 0.326 e. The molecule has 0 saturated heterocycles. The van der Waals surface area contributed by atoms with Crippen molar-refractivity contribution in [1.82, 2.24) is 5.32 Å². The van der Waals surface area contributed by atoms with Crippen LogP contribution in [0.2, 0.25) is 0 Å². The number of para-hydroxylation sites is 1. The summed E-state index contributed by atoms with van der Waals surface area (Å²) in [6.45, 7) is 5.16. The molecule has 3 amide bonds. The molecule has 3 aromatic carbocycles. The maximum absolute atomic E-state index is 13.8. The third-order valence-corrected chi connectivity index (χ3v) is 5.65. The lowest BCUT2D eigenvalue weighted by molar-refractivity contribution is -0.146. The number of nitrogens with zero attached hydrogens (tertiary/aromatic N) is 1. The largest absolute Gasteiger partial charge is 0.462 e. The monoisotopic (exact) mass is 483 g/mol. The molecule has 184 valence electrons. The average Bonchev–Trinajstić information content (AvgIpc) is 2.95. The zero-order valence-corrected chi connectivity index (χ0v) is 20.5. The first kappa shape index (κ1) is 24.7. The lowest BCUT2D eigenvalue weighted by Gasteiger charge is -2.26. The van der Waals surface area contributed by atoms with Gasteiger partial charge in [-0.2, -0.15) is 0 Å². The lowest BCUT2D eigenvalue weighted by Crippen LogP contribution is -2.50. The summed E-state index contributed by atoms with van der Waals surface area (Å²) >= 11 is 0. The number of amides is 3. The molecular weight excluding hydrogens is 454 g/mol. The number of benzene rings is 3. The number of aryl methyl sites for hydroxylation is 1. The summed E-state index contributed by atoms with van der Waals surface area (Å²) in [7, 11) is 0. The molecule has 7 heteroatoms. The van der Waals surface area contributed by atoms with Gasteiger partial charge < -0.3 is 15.4 Å². The Hall–Kier alpha value is -4.39. The summed E-state index contributed by atoms with van der Waals surface area (Å²) in [4.78, 5) is 40.7. The van der Waals surface area contributed by atoms with Crippen LogP contribution >= 0.6 is 0 Å². The molecule has 0 spiro atoms. The molecule has 7 nitrogen and oxygen atoms in total. The normalized spacial score (nSPS) is 15.0. The number of ether oxygens (including phenoxy) is 1. The SMILES string of the molecule is Cc1cccc(NC(=O)NC2C=C(c3ccccc3)c3ccccc3N(CC(=O)OC(C)C)C2=O)c1. The zero-order chi connectivity index (χ0) is 25.7. The van der Waals surface area contributed by atoms with E-state index in [1.807, 2.05) is 73.7 Å². The zero-order valence-electron chi connectivity index (χ0n) is 20.5. The molecule has 1 heterocycles. The van der Waals surface area contributed by atoms with Crippen molar-refractivity contribution in [3.8, 4) is 0 Å². The van der Waals surface area contributed by atoms with E-state index in [9.17, 15) is 14.4 Å². The number of carbonyl (C=O) groups excluding carboxylic acids is 3. The van der Waals surface area contributed by atoms with Crippen LogP contribution in [0.15, 0.2) is 84.9 Å². The van der Waals surface area contributed by atoms with Gasteiger partial charge in [0.15, 0.2) is 0 Å². The van der Waals surface area contributed by atoms with Gasteiger partial charge in [-0.05, 0) is 61.7 Å². The van der Waals surface area contributed by atoms with Crippen LogP contribution in [0.3, 0.4) is 0 Å². The topological polar surface area (TPSA) is 87.7 Å². The van der Waals surface area contributed by atoms with Gasteiger partial charge in [0, 0.05) is 11.3 Å². The Bertz CT molecular complexity index is 1300. The van der Waals surface area contributed by atoms with Crippen LogP contribution in [0.25, 0.3) is 5.57 Å². The first-order chi connectivity index (χ1) is 17.3. The Balaban J connectivity index is 1.73. The standard InChI is InChI=1S/C29H29N3O4/c1-19(2)36-27(33)18-32-26-15-8-7-14-23(26)24(21-11-5-4-6-12-21)17-25(28(32)34)31-29(35)30-22-13-9-10-20(3)16-22/h4-17,19,25H,18H2,1-3H3,(H2,30,31,35). The molecule has 0 aromatic heterocycles. The van der Waals surface area contributed by atoms with E-state index < -0.39 is 23.9 Å². The number of hydrogen-bond acceptors (Lipinski definition) is 4. The van der Waals surface area contributed by atoms with E-state index in [-0.39, 0.29) is 12.6 Å². The molecule has 1 aliphatic heterocycles. The van der Waals surface area contributed by atoms with E-state index in [1.165, 1.54) is 4.90 Å². The minimum Gasteiger partial charge on any atom is -0.462 e. The quantitative estimate of drug-likeness (QED) is 0.488. The Labute approximate surface area is 210 Å². The van der Waals surface area contributed by atoms with E-state index >= 15 is 0 Å². The summed E-state index contributed by atoms with van der Waals surface area (Å²) in [6, 6.07) is 22.8. The number of fused-ring (bicyclic) bond motifs is 1. The van der Waals surface area contributed by atoms with Crippen molar-refractivity contribution in [3.63, 3.8) is 0 Å². The third kappa shape index (κ3) is 5.81. The van der Waals surface area contributed by atoms with Gasteiger partial charge in [-0.25, -0.2) is 4.79 Å². The van der Waals surface area contributed by atoms with Gasteiger partial charge in [0.1, 0.15) is 12.6 Å². The second-order valence-electron chi connectivity index (χ2n) is 8.87. The first-order valence-corrected chi connectivity index (χ1v) is 11.8. The molecule has 3 aromatic rings. The van der Waals surface area contributed by atoms with E-state index in [1.54, 1.807) is 32.1 Å². The van der Waals surface area contributed by atoms with Crippen molar-refractivity contribution in [2.24, 2.45) is 0 Å². The number of carbonyl (C=O) groups is 3. The predicted octanol–water partition coefficient (Wildman–Crippen LogP) is 4.92. The minimum absolute atomic E-state index is 0.276. The lowest BCUT2D eigenvalue weighted by atomic mass is 9.95. The number of urea groups is 1. The number of anilines is 2. The van der Waals surface area contributed by atoms with Crippen LogP contribution in [-0.4, -0.2) is 36.6 Å². The van der Waals surface area contributed by atoms with Crippen molar-refractivity contribution in [1.29, 1.82) is 0 Å². The second kappa shape index (κ2) is 10.9. The van der Waals surface area contributed by atoms with Gasteiger partial charge in [-0.15, -0.1) is 0 Å². The van der Waals surface area contributed by atoms with Gasteiger partial charge in [-0.3, -0.25) is 14.5 Å². The summed E-state index contributed by atoms with van der Waals surface area (Å²) in [5.74, 6) is -0.965. The van der Waals surface area contributed by atoms with Crippen molar-refractivity contribution in [2.45, 2.75) is 32.9 Å². The van der Waals surface area contributed by atoms with Gasteiger partial charge in [0.2, 0.25) is 0 Å². The average molecular weight is 484 g/mol. The third-order valence-electron chi connectivity index (χ3n) is 5.65.